The highest BCUT2D eigenvalue weighted by atomic mass is 19.1. The molecule has 1 aromatic heterocycles. The zero-order valence-electron chi connectivity index (χ0n) is 20.7. The average molecular weight is 504 g/mol. The fourth-order valence-corrected chi connectivity index (χ4v) is 3.41. The van der Waals surface area contributed by atoms with Crippen LogP contribution in [-0.2, 0) is 25.5 Å². The number of esters is 1. The second-order valence-electron chi connectivity index (χ2n) is 10.3. The maximum Gasteiger partial charge on any atom is 0.407 e. The van der Waals surface area contributed by atoms with Crippen molar-refractivity contribution in [3.63, 3.8) is 0 Å². The van der Waals surface area contributed by atoms with Gasteiger partial charge in [0.15, 0.2) is 12.4 Å². The van der Waals surface area contributed by atoms with Gasteiger partial charge in [0.2, 0.25) is 0 Å². The molecule has 1 aliphatic rings. The molecule has 13 heteroatoms. The largest absolute Gasteiger partial charge is 0.460 e. The summed E-state index contributed by atoms with van der Waals surface area (Å²) in [6.07, 6.45) is -6.84. The van der Waals surface area contributed by atoms with E-state index in [1.54, 1.807) is 41.5 Å². The second kappa shape index (κ2) is 10.9. The van der Waals surface area contributed by atoms with E-state index in [2.05, 4.69) is 5.32 Å². The molecule has 1 aliphatic heterocycles. The quantitative estimate of drug-likeness (QED) is 0.443. The summed E-state index contributed by atoms with van der Waals surface area (Å²) in [5, 5.41) is 21.6. The first-order valence-corrected chi connectivity index (χ1v) is 11.1. The zero-order chi connectivity index (χ0) is 26.7. The van der Waals surface area contributed by atoms with Crippen molar-refractivity contribution in [2.45, 2.75) is 96.4 Å². The number of hydrogen-bond donors (Lipinski definition) is 3. The third kappa shape index (κ3) is 7.87. The number of ether oxygens (including phenoxy) is 3. The maximum absolute atomic E-state index is 14.6. The van der Waals surface area contributed by atoms with E-state index >= 15 is 0 Å². The van der Waals surface area contributed by atoms with Crippen LogP contribution in [0.3, 0.4) is 0 Å². The van der Waals surface area contributed by atoms with Crippen molar-refractivity contribution >= 4 is 12.1 Å². The molecule has 1 saturated heterocycles. The van der Waals surface area contributed by atoms with Crippen LogP contribution in [0, 0.1) is 0 Å². The van der Waals surface area contributed by atoms with E-state index in [0.717, 1.165) is 16.8 Å². The number of nitrogens with zero attached hydrogens (tertiary/aromatic N) is 2. The van der Waals surface area contributed by atoms with E-state index in [9.17, 15) is 33.8 Å². The van der Waals surface area contributed by atoms with Crippen molar-refractivity contribution in [1.29, 1.82) is 0 Å². The molecule has 0 spiro atoms. The maximum atomic E-state index is 14.6. The smallest absolute Gasteiger partial charge is 0.407 e. The molecule has 1 aromatic rings. The molecule has 1 fully saturated rings. The van der Waals surface area contributed by atoms with E-state index in [1.165, 1.54) is 0 Å². The van der Waals surface area contributed by atoms with Crippen LogP contribution in [0.1, 0.15) is 54.2 Å². The van der Waals surface area contributed by atoms with Gasteiger partial charge in [-0.1, -0.05) is 0 Å². The van der Waals surface area contributed by atoms with Crippen LogP contribution in [0.5, 0.6) is 0 Å². The molecule has 0 saturated carbocycles. The van der Waals surface area contributed by atoms with Gasteiger partial charge in [0.25, 0.3) is 5.56 Å². The van der Waals surface area contributed by atoms with Gasteiger partial charge in [-0.25, -0.2) is 14.0 Å². The first-order chi connectivity index (χ1) is 16.0. The predicted molar refractivity (Wildman–Crippen MR) is 120 cm³/mol. The van der Waals surface area contributed by atoms with Gasteiger partial charge in [0.1, 0.15) is 23.4 Å². The molecule has 0 aliphatic carbocycles. The van der Waals surface area contributed by atoms with E-state index in [0.29, 0.717) is 4.57 Å². The Morgan fingerprint density at radius 2 is 1.77 bits per heavy atom. The van der Waals surface area contributed by atoms with Gasteiger partial charge in [-0.15, -0.1) is 0 Å². The number of aliphatic hydroxyl groups is 2. The standard InChI is InChI=1S/C22H34FN3O9/c1-21(2,3)34-15(29)9-12(24-19(31)35-22(4,5)6)10-26-14(28)7-8-25(20(26)32)18-16(23)17(30)13(11-27)33-18/h7-8,12-13,16-18,27,30H,9-11H2,1-6H3,(H,24,31)/t12-,13+,16-,17+,18+/m0/s1. The summed E-state index contributed by atoms with van der Waals surface area (Å²) >= 11 is 0. The van der Waals surface area contributed by atoms with Crippen LogP contribution in [-0.4, -0.2) is 73.6 Å². The number of rotatable bonds is 7. The van der Waals surface area contributed by atoms with Crippen molar-refractivity contribution in [2.24, 2.45) is 0 Å². The zero-order valence-corrected chi connectivity index (χ0v) is 20.7. The SMILES string of the molecule is CC(C)(C)OC(=O)C[C@@H](Cn1c(=O)ccn([C@@H]2O[C@H](CO)[C@@H](O)[C@@H]2F)c1=O)NC(=O)OC(C)(C)C. The number of aliphatic hydroxyl groups excluding tert-OH is 2. The Hall–Kier alpha value is -2.77. The number of carbonyl (C=O) groups is 2. The summed E-state index contributed by atoms with van der Waals surface area (Å²) < 4.78 is 31.8. The molecule has 2 heterocycles. The van der Waals surface area contributed by atoms with Crippen molar-refractivity contribution in [1.82, 2.24) is 14.5 Å². The Morgan fingerprint density at radius 3 is 2.29 bits per heavy atom. The Balaban J connectivity index is 2.36. The number of halogens is 1. The van der Waals surface area contributed by atoms with Crippen LogP contribution in [0.15, 0.2) is 21.9 Å². The first-order valence-electron chi connectivity index (χ1n) is 11.1. The second-order valence-corrected chi connectivity index (χ2v) is 10.3. The minimum absolute atomic E-state index is 0.395. The summed E-state index contributed by atoms with van der Waals surface area (Å²) in [7, 11) is 0. The molecule has 198 valence electrons. The topological polar surface area (TPSA) is 158 Å². The molecule has 1 amide bonds. The number of carbonyl (C=O) groups excluding carboxylic acids is 2. The van der Waals surface area contributed by atoms with Gasteiger partial charge in [-0.2, -0.15) is 0 Å². The highest BCUT2D eigenvalue weighted by Crippen LogP contribution is 2.30. The van der Waals surface area contributed by atoms with Gasteiger partial charge in [-0.05, 0) is 41.5 Å². The van der Waals surface area contributed by atoms with Gasteiger partial charge >= 0.3 is 17.8 Å². The number of aromatic nitrogens is 2. The van der Waals surface area contributed by atoms with Crippen LogP contribution in [0.25, 0.3) is 0 Å². The molecule has 12 nitrogen and oxygen atoms in total. The predicted octanol–water partition coefficient (Wildman–Crippen LogP) is 0.224. The third-order valence-corrected chi connectivity index (χ3v) is 4.80. The van der Waals surface area contributed by atoms with Crippen molar-refractivity contribution in [3.8, 4) is 0 Å². The molecular weight excluding hydrogens is 469 g/mol. The Morgan fingerprint density at radius 1 is 1.17 bits per heavy atom. The summed E-state index contributed by atoms with van der Waals surface area (Å²) in [6, 6.07) is -0.115. The third-order valence-electron chi connectivity index (χ3n) is 4.80. The molecule has 5 atom stereocenters. The summed E-state index contributed by atoms with van der Waals surface area (Å²) in [6.45, 7) is 8.74. The van der Waals surface area contributed by atoms with Gasteiger partial charge in [0.05, 0.1) is 25.6 Å². The number of alkyl halides is 1. The fourth-order valence-electron chi connectivity index (χ4n) is 3.41. The molecule has 35 heavy (non-hydrogen) atoms. The van der Waals surface area contributed by atoms with Crippen LogP contribution < -0.4 is 16.6 Å². The van der Waals surface area contributed by atoms with Crippen molar-refractivity contribution < 1.29 is 38.4 Å². The van der Waals surface area contributed by atoms with Gasteiger partial charge in [0, 0.05) is 12.3 Å². The average Bonchev–Trinajstić information content (AvgIpc) is 2.96. The van der Waals surface area contributed by atoms with Crippen molar-refractivity contribution in [2.75, 3.05) is 6.61 Å². The molecule has 3 N–H and O–H groups in total. The van der Waals surface area contributed by atoms with Crippen LogP contribution >= 0.6 is 0 Å². The van der Waals surface area contributed by atoms with E-state index < -0.39 is 84.7 Å². The molecule has 0 radical (unpaired) electrons. The Kier molecular flexibility index (Phi) is 8.84. The number of amides is 1. The fraction of sp³-hybridized carbons (Fsp3) is 0.727. The lowest BCUT2D eigenvalue weighted by molar-refractivity contribution is -0.155. The highest BCUT2D eigenvalue weighted by Gasteiger charge is 2.45. The summed E-state index contributed by atoms with van der Waals surface area (Å²) in [4.78, 5) is 50.3. The van der Waals surface area contributed by atoms with E-state index in [-0.39, 0.29) is 0 Å². The molecule has 2 rings (SSSR count). The van der Waals surface area contributed by atoms with Crippen LogP contribution in [0.2, 0.25) is 0 Å². The lowest BCUT2D eigenvalue weighted by Gasteiger charge is -2.25. The van der Waals surface area contributed by atoms with Gasteiger partial charge < -0.3 is 29.7 Å². The van der Waals surface area contributed by atoms with Crippen molar-refractivity contribution in [3.05, 3.63) is 33.1 Å². The number of alkyl carbamates (subject to hydrolysis) is 1. The highest BCUT2D eigenvalue weighted by molar-refractivity contribution is 5.73. The number of hydrogen-bond acceptors (Lipinski definition) is 9. The monoisotopic (exact) mass is 503 g/mol. The first kappa shape index (κ1) is 28.5. The normalized spacial score (nSPS) is 23.6. The molecule has 0 unspecified atom stereocenters. The van der Waals surface area contributed by atoms with E-state index in [4.69, 9.17) is 14.2 Å². The molecule has 0 aromatic carbocycles. The lowest BCUT2D eigenvalue weighted by Crippen LogP contribution is -2.49. The van der Waals surface area contributed by atoms with Crippen LogP contribution in [0.4, 0.5) is 9.18 Å². The van der Waals surface area contributed by atoms with E-state index in [1.807, 2.05) is 0 Å². The summed E-state index contributed by atoms with van der Waals surface area (Å²) in [5.74, 6) is -0.695. The van der Waals surface area contributed by atoms with Gasteiger partial charge in [-0.3, -0.25) is 18.7 Å². The molecule has 0 bridgehead atoms. The summed E-state index contributed by atoms with van der Waals surface area (Å²) in [5.41, 5.74) is -3.45. The minimum Gasteiger partial charge on any atom is -0.460 e. The molecular formula is C22H34FN3O9. The number of nitrogens with one attached hydrogen (secondary N) is 1. The Bertz CT molecular complexity index is 995. The Labute approximate surface area is 201 Å². The minimum atomic E-state index is -2.05. The lowest BCUT2D eigenvalue weighted by atomic mass is 10.1.